The minimum atomic E-state index is -4.61. The molecule has 1 aromatic rings. The molecule has 1 atom stereocenters. The normalized spacial score (nSPS) is 20.7. The van der Waals surface area contributed by atoms with Crippen molar-refractivity contribution in [2.75, 3.05) is 10.8 Å². The summed E-state index contributed by atoms with van der Waals surface area (Å²) < 4.78 is 49.6. The Kier molecular flexibility index (Phi) is 3.54. The van der Waals surface area contributed by atoms with Crippen molar-refractivity contribution >= 4 is 15.7 Å². The SMILES string of the molecule is CC1CN(S(=O)(=O)C(F)F)c2ccccc2CN1. The topological polar surface area (TPSA) is 49.4 Å². The first-order chi connectivity index (χ1) is 8.43. The van der Waals surface area contributed by atoms with Gasteiger partial charge in [-0.15, -0.1) is 0 Å². The van der Waals surface area contributed by atoms with Gasteiger partial charge in [0, 0.05) is 19.1 Å². The lowest BCUT2D eigenvalue weighted by Gasteiger charge is -2.25. The van der Waals surface area contributed by atoms with Gasteiger partial charge in [-0.1, -0.05) is 18.2 Å². The van der Waals surface area contributed by atoms with Crippen molar-refractivity contribution < 1.29 is 17.2 Å². The van der Waals surface area contributed by atoms with Crippen molar-refractivity contribution in [1.82, 2.24) is 5.32 Å². The zero-order valence-corrected chi connectivity index (χ0v) is 10.6. The predicted molar refractivity (Wildman–Crippen MR) is 65.0 cm³/mol. The Bertz CT molecular complexity index is 534. The van der Waals surface area contributed by atoms with E-state index in [4.69, 9.17) is 0 Å². The van der Waals surface area contributed by atoms with E-state index in [2.05, 4.69) is 5.32 Å². The number of nitrogens with one attached hydrogen (secondary N) is 1. The Morgan fingerprint density at radius 1 is 1.39 bits per heavy atom. The van der Waals surface area contributed by atoms with E-state index in [-0.39, 0.29) is 12.6 Å². The van der Waals surface area contributed by atoms with Crippen LogP contribution in [0, 0.1) is 0 Å². The van der Waals surface area contributed by atoms with E-state index in [1.807, 2.05) is 0 Å². The van der Waals surface area contributed by atoms with Crippen LogP contribution in [0.4, 0.5) is 14.5 Å². The number of fused-ring (bicyclic) bond motifs is 1. The number of hydrogen-bond acceptors (Lipinski definition) is 3. The smallest absolute Gasteiger partial charge is 0.308 e. The van der Waals surface area contributed by atoms with Crippen molar-refractivity contribution in [2.45, 2.75) is 25.3 Å². The monoisotopic (exact) mass is 276 g/mol. The van der Waals surface area contributed by atoms with Crippen LogP contribution in [-0.4, -0.2) is 26.8 Å². The molecule has 0 amide bonds. The summed E-state index contributed by atoms with van der Waals surface area (Å²) in [6.45, 7) is 2.23. The molecule has 1 aliphatic rings. The average molecular weight is 276 g/mol. The molecule has 1 heterocycles. The number of nitrogens with zero attached hydrogens (tertiary/aromatic N) is 1. The summed E-state index contributed by atoms with van der Waals surface area (Å²) in [6.07, 6.45) is 0. The van der Waals surface area contributed by atoms with Gasteiger partial charge >= 0.3 is 5.76 Å². The molecule has 0 radical (unpaired) electrons. The summed E-state index contributed by atoms with van der Waals surface area (Å²) >= 11 is 0. The van der Waals surface area contributed by atoms with Gasteiger partial charge in [-0.3, -0.25) is 4.31 Å². The fourth-order valence-electron chi connectivity index (χ4n) is 1.94. The van der Waals surface area contributed by atoms with Crippen LogP contribution in [0.2, 0.25) is 0 Å². The van der Waals surface area contributed by atoms with Gasteiger partial charge in [-0.05, 0) is 18.6 Å². The maximum atomic E-state index is 12.7. The summed E-state index contributed by atoms with van der Waals surface area (Å²) in [5, 5.41) is 3.09. The number of para-hydroxylation sites is 1. The van der Waals surface area contributed by atoms with E-state index in [0.717, 1.165) is 4.31 Å². The molecule has 1 aliphatic heterocycles. The molecule has 0 fully saturated rings. The van der Waals surface area contributed by atoms with Crippen molar-refractivity contribution in [3.8, 4) is 0 Å². The molecule has 18 heavy (non-hydrogen) atoms. The molecule has 1 N–H and O–H groups in total. The summed E-state index contributed by atoms with van der Waals surface area (Å²) in [7, 11) is -4.61. The zero-order chi connectivity index (χ0) is 13.3. The van der Waals surface area contributed by atoms with E-state index in [9.17, 15) is 17.2 Å². The van der Waals surface area contributed by atoms with E-state index >= 15 is 0 Å². The summed E-state index contributed by atoms with van der Waals surface area (Å²) in [4.78, 5) is 0. The maximum Gasteiger partial charge on any atom is 0.355 e. The van der Waals surface area contributed by atoms with E-state index in [1.165, 1.54) is 0 Å². The van der Waals surface area contributed by atoms with E-state index < -0.39 is 15.8 Å². The minimum absolute atomic E-state index is 0.00366. The highest BCUT2D eigenvalue weighted by Crippen LogP contribution is 2.28. The first-order valence-electron chi connectivity index (χ1n) is 5.54. The quantitative estimate of drug-likeness (QED) is 0.891. The largest absolute Gasteiger partial charge is 0.355 e. The van der Waals surface area contributed by atoms with Gasteiger partial charge < -0.3 is 5.32 Å². The third-order valence-electron chi connectivity index (χ3n) is 2.87. The molecule has 0 saturated carbocycles. The van der Waals surface area contributed by atoms with Gasteiger partial charge in [0.05, 0.1) is 5.69 Å². The van der Waals surface area contributed by atoms with Gasteiger partial charge in [0.2, 0.25) is 0 Å². The molecule has 4 nitrogen and oxygen atoms in total. The maximum absolute atomic E-state index is 12.7. The number of hydrogen-bond donors (Lipinski definition) is 1. The van der Waals surface area contributed by atoms with E-state index in [0.29, 0.717) is 17.8 Å². The number of anilines is 1. The molecule has 1 aromatic carbocycles. The second-order valence-electron chi connectivity index (χ2n) is 4.25. The van der Waals surface area contributed by atoms with Crippen LogP contribution in [0.1, 0.15) is 12.5 Å². The van der Waals surface area contributed by atoms with Crippen LogP contribution in [-0.2, 0) is 16.6 Å². The number of halogens is 2. The molecule has 0 spiro atoms. The second-order valence-corrected chi connectivity index (χ2v) is 6.07. The fourth-order valence-corrected chi connectivity index (χ4v) is 3.01. The number of alkyl halides is 2. The Morgan fingerprint density at radius 2 is 2.06 bits per heavy atom. The number of rotatable bonds is 2. The Labute approximate surface area is 105 Å². The molecule has 0 bridgehead atoms. The average Bonchev–Trinajstić information content (AvgIpc) is 2.49. The van der Waals surface area contributed by atoms with Crippen LogP contribution in [0.3, 0.4) is 0 Å². The highest BCUT2D eigenvalue weighted by molar-refractivity contribution is 7.93. The Morgan fingerprint density at radius 3 is 2.72 bits per heavy atom. The van der Waals surface area contributed by atoms with Crippen LogP contribution in [0.5, 0.6) is 0 Å². The third-order valence-corrected chi connectivity index (χ3v) is 4.28. The van der Waals surface area contributed by atoms with Gasteiger partial charge in [-0.25, -0.2) is 8.42 Å². The standard InChI is InChI=1S/C11H14F2N2O2S/c1-8-7-15(18(16,17)11(12)13)10-5-3-2-4-9(10)6-14-8/h2-5,8,11,14H,6-7H2,1H3. The minimum Gasteiger partial charge on any atom is -0.308 e. The number of benzene rings is 1. The van der Waals surface area contributed by atoms with Gasteiger partial charge in [0.1, 0.15) is 0 Å². The van der Waals surface area contributed by atoms with Gasteiger partial charge in [0.15, 0.2) is 0 Å². The first-order valence-corrected chi connectivity index (χ1v) is 7.04. The van der Waals surface area contributed by atoms with Crippen LogP contribution in [0.15, 0.2) is 24.3 Å². The molecular weight excluding hydrogens is 262 g/mol. The molecule has 7 heteroatoms. The summed E-state index contributed by atoms with van der Waals surface area (Å²) in [6, 6.07) is 6.49. The lowest BCUT2D eigenvalue weighted by atomic mass is 10.2. The molecular formula is C11H14F2N2O2S. The molecule has 100 valence electrons. The van der Waals surface area contributed by atoms with Crippen molar-refractivity contribution in [1.29, 1.82) is 0 Å². The van der Waals surface area contributed by atoms with E-state index in [1.54, 1.807) is 31.2 Å². The third kappa shape index (κ3) is 2.32. The molecule has 1 unspecified atom stereocenters. The molecule has 0 aliphatic carbocycles. The van der Waals surface area contributed by atoms with Gasteiger partial charge in [-0.2, -0.15) is 8.78 Å². The Hall–Kier alpha value is -1.21. The Balaban J connectivity index is 2.52. The fraction of sp³-hybridized carbons (Fsp3) is 0.455. The van der Waals surface area contributed by atoms with Gasteiger partial charge in [0.25, 0.3) is 10.0 Å². The van der Waals surface area contributed by atoms with Crippen LogP contribution >= 0.6 is 0 Å². The van der Waals surface area contributed by atoms with Crippen molar-refractivity contribution in [3.05, 3.63) is 29.8 Å². The van der Waals surface area contributed by atoms with Crippen molar-refractivity contribution in [2.24, 2.45) is 0 Å². The second kappa shape index (κ2) is 4.81. The van der Waals surface area contributed by atoms with Crippen LogP contribution in [0.25, 0.3) is 0 Å². The molecule has 0 saturated heterocycles. The lowest BCUT2D eigenvalue weighted by Crippen LogP contribution is -2.42. The highest BCUT2D eigenvalue weighted by Gasteiger charge is 2.35. The summed E-state index contributed by atoms with van der Waals surface area (Å²) in [5.74, 6) is -3.41. The summed E-state index contributed by atoms with van der Waals surface area (Å²) in [5.41, 5.74) is 1.03. The van der Waals surface area contributed by atoms with Crippen molar-refractivity contribution in [3.63, 3.8) is 0 Å². The highest BCUT2D eigenvalue weighted by atomic mass is 32.2. The first kappa shape index (κ1) is 13.2. The molecule has 0 aromatic heterocycles. The van der Waals surface area contributed by atoms with Crippen LogP contribution < -0.4 is 9.62 Å². The molecule has 2 rings (SSSR count). The number of sulfonamides is 1. The lowest BCUT2D eigenvalue weighted by molar-refractivity contribution is 0.234. The zero-order valence-electron chi connectivity index (χ0n) is 9.81. The predicted octanol–water partition coefficient (Wildman–Crippen LogP) is 1.54.